The summed E-state index contributed by atoms with van der Waals surface area (Å²) in [5, 5.41) is 4.96. The molecule has 0 spiro atoms. The molecule has 1 saturated carbocycles. The molecule has 2 rings (SSSR count). The number of hydrogen-bond acceptors (Lipinski definition) is 5. The Bertz CT molecular complexity index is 701. The largest absolute Gasteiger partial charge is 0.449 e. The number of urea groups is 1. The Morgan fingerprint density at radius 2 is 1.81 bits per heavy atom. The normalized spacial score (nSPS) is 17.0. The summed E-state index contributed by atoms with van der Waals surface area (Å²) < 4.78 is 16.8. The molecule has 2 atom stereocenters. The van der Waals surface area contributed by atoms with E-state index in [2.05, 4.69) is 10.6 Å². The van der Waals surface area contributed by atoms with Gasteiger partial charge in [-0.3, -0.25) is 14.3 Å². The van der Waals surface area contributed by atoms with Gasteiger partial charge in [-0.15, -0.1) is 0 Å². The minimum atomic E-state index is -1.37. The molecule has 1 aromatic carbocycles. The molecule has 1 aromatic rings. The highest BCUT2D eigenvalue weighted by molar-refractivity contribution is 7.84. The number of carbonyl (C=O) groups is 3. The first-order valence-electron chi connectivity index (χ1n) is 8.63. The van der Waals surface area contributed by atoms with Crippen molar-refractivity contribution in [2.24, 2.45) is 0 Å². The van der Waals surface area contributed by atoms with E-state index >= 15 is 0 Å². The summed E-state index contributed by atoms with van der Waals surface area (Å²) in [6.45, 7) is 1.38. The lowest BCUT2D eigenvalue weighted by molar-refractivity contribution is -0.127. The molecule has 0 saturated heterocycles. The molecule has 3 amide bonds. The fourth-order valence-corrected chi connectivity index (χ4v) is 3.58. The van der Waals surface area contributed by atoms with Crippen LogP contribution in [0.25, 0.3) is 0 Å². The Morgan fingerprint density at radius 3 is 2.46 bits per heavy atom. The molecule has 142 valence electrons. The fraction of sp³-hybridized carbons (Fsp3) is 0.500. The molecule has 1 fully saturated rings. The van der Waals surface area contributed by atoms with Crippen molar-refractivity contribution in [1.29, 1.82) is 0 Å². The summed E-state index contributed by atoms with van der Waals surface area (Å²) >= 11 is 0. The molecule has 0 radical (unpaired) electrons. The maximum Gasteiger partial charge on any atom is 0.340 e. The number of esters is 1. The Kier molecular flexibility index (Phi) is 7.32. The van der Waals surface area contributed by atoms with Crippen molar-refractivity contribution < 1.29 is 23.3 Å². The molecule has 7 nitrogen and oxygen atoms in total. The highest BCUT2D eigenvalue weighted by Crippen LogP contribution is 2.17. The lowest BCUT2D eigenvalue weighted by Gasteiger charge is -2.23. The van der Waals surface area contributed by atoms with Gasteiger partial charge in [0.2, 0.25) is 0 Å². The van der Waals surface area contributed by atoms with Crippen LogP contribution in [0.1, 0.15) is 49.4 Å². The monoisotopic (exact) mass is 380 g/mol. The lowest BCUT2D eigenvalue weighted by Crippen LogP contribution is -2.48. The van der Waals surface area contributed by atoms with E-state index in [1.807, 2.05) is 0 Å². The number of nitrogens with one attached hydrogen (secondary N) is 2. The van der Waals surface area contributed by atoms with E-state index in [1.54, 1.807) is 18.2 Å². The third-order valence-corrected chi connectivity index (χ3v) is 5.22. The first-order chi connectivity index (χ1) is 12.4. The van der Waals surface area contributed by atoms with Crippen molar-refractivity contribution in [1.82, 2.24) is 10.6 Å². The molecule has 1 aliphatic carbocycles. The van der Waals surface area contributed by atoms with E-state index in [1.165, 1.54) is 19.2 Å². The Balaban J connectivity index is 1.89. The Morgan fingerprint density at radius 1 is 1.15 bits per heavy atom. The van der Waals surface area contributed by atoms with Crippen LogP contribution in [-0.4, -0.2) is 40.5 Å². The summed E-state index contributed by atoms with van der Waals surface area (Å²) in [6.07, 6.45) is 5.39. The molecule has 0 aromatic heterocycles. The number of rotatable bonds is 5. The lowest BCUT2D eigenvalue weighted by atomic mass is 9.96. The third kappa shape index (κ3) is 5.66. The van der Waals surface area contributed by atoms with Gasteiger partial charge in [-0.1, -0.05) is 31.4 Å². The maximum absolute atomic E-state index is 12.3. The number of ether oxygens (including phenoxy) is 1. The predicted octanol–water partition coefficient (Wildman–Crippen LogP) is 2.13. The molecule has 0 bridgehead atoms. The molecule has 0 heterocycles. The smallest absolute Gasteiger partial charge is 0.340 e. The van der Waals surface area contributed by atoms with Crippen LogP contribution >= 0.6 is 0 Å². The van der Waals surface area contributed by atoms with E-state index in [4.69, 9.17) is 4.74 Å². The highest BCUT2D eigenvalue weighted by atomic mass is 32.2. The molecule has 0 unspecified atom stereocenters. The molecular weight excluding hydrogens is 356 g/mol. The SMILES string of the molecule is C[C@H](OC(=O)c1ccccc1[S@](C)=O)C(=O)NC(=O)NC1CCCCC1. The van der Waals surface area contributed by atoms with Crippen molar-refractivity contribution in [3.8, 4) is 0 Å². The third-order valence-electron chi connectivity index (χ3n) is 4.25. The van der Waals surface area contributed by atoms with Gasteiger partial charge >= 0.3 is 12.0 Å². The number of imide groups is 1. The standard InChI is InChI=1S/C18H24N2O5S/c1-12(16(21)20-18(23)19-13-8-4-3-5-9-13)25-17(22)14-10-6-7-11-15(14)26(2)24/h6-7,10-13H,3-5,8-9H2,1-2H3,(H2,19,20,21,23)/t12-,26-/m0/s1. The van der Waals surface area contributed by atoms with Crippen molar-refractivity contribution in [2.75, 3.05) is 6.26 Å². The number of amides is 3. The van der Waals surface area contributed by atoms with Crippen LogP contribution < -0.4 is 10.6 Å². The zero-order chi connectivity index (χ0) is 19.1. The number of hydrogen-bond donors (Lipinski definition) is 2. The zero-order valence-corrected chi connectivity index (χ0v) is 15.8. The molecule has 26 heavy (non-hydrogen) atoms. The minimum Gasteiger partial charge on any atom is -0.449 e. The topological polar surface area (TPSA) is 102 Å². The highest BCUT2D eigenvalue weighted by Gasteiger charge is 2.24. The van der Waals surface area contributed by atoms with Gasteiger partial charge in [-0.2, -0.15) is 0 Å². The molecule has 1 aliphatic rings. The molecule has 0 aliphatic heterocycles. The summed E-state index contributed by atoms with van der Waals surface area (Å²) in [5.74, 6) is -1.46. The van der Waals surface area contributed by atoms with Gasteiger partial charge < -0.3 is 10.1 Å². The predicted molar refractivity (Wildman–Crippen MR) is 97.2 cm³/mol. The summed E-state index contributed by atoms with van der Waals surface area (Å²) in [4.78, 5) is 36.6. The number of carbonyl (C=O) groups excluding carboxylic acids is 3. The van der Waals surface area contributed by atoms with Gasteiger partial charge in [-0.25, -0.2) is 9.59 Å². The van der Waals surface area contributed by atoms with Crippen LogP contribution in [0.3, 0.4) is 0 Å². The first-order valence-corrected chi connectivity index (χ1v) is 10.2. The van der Waals surface area contributed by atoms with E-state index in [0.29, 0.717) is 4.90 Å². The van der Waals surface area contributed by atoms with Gasteiger partial charge in [0.15, 0.2) is 6.10 Å². The van der Waals surface area contributed by atoms with E-state index in [9.17, 15) is 18.6 Å². The first kappa shape index (κ1) is 20.1. The molecular formula is C18H24N2O5S. The van der Waals surface area contributed by atoms with Gasteiger partial charge in [0.1, 0.15) is 0 Å². The van der Waals surface area contributed by atoms with Crippen LogP contribution in [0.5, 0.6) is 0 Å². The average Bonchev–Trinajstić information content (AvgIpc) is 2.62. The average molecular weight is 380 g/mol. The van der Waals surface area contributed by atoms with E-state index in [0.717, 1.165) is 32.1 Å². The van der Waals surface area contributed by atoms with Crippen molar-refractivity contribution in [2.45, 2.75) is 56.1 Å². The summed E-state index contributed by atoms with van der Waals surface area (Å²) in [7, 11) is -1.37. The van der Waals surface area contributed by atoms with E-state index < -0.39 is 34.8 Å². The van der Waals surface area contributed by atoms with Crippen molar-refractivity contribution >= 4 is 28.7 Å². The molecule has 2 N–H and O–H groups in total. The Hall–Kier alpha value is -2.22. The van der Waals surface area contributed by atoms with Gasteiger partial charge in [0.25, 0.3) is 5.91 Å². The van der Waals surface area contributed by atoms with Gasteiger partial charge in [-0.05, 0) is 31.9 Å². The summed E-state index contributed by atoms with van der Waals surface area (Å²) in [6, 6.07) is 5.82. The van der Waals surface area contributed by atoms with Gasteiger partial charge in [0, 0.05) is 12.3 Å². The van der Waals surface area contributed by atoms with Crippen LogP contribution in [0, 0.1) is 0 Å². The van der Waals surface area contributed by atoms with Crippen LogP contribution in [-0.2, 0) is 20.3 Å². The van der Waals surface area contributed by atoms with E-state index in [-0.39, 0.29) is 11.6 Å². The van der Waals surface area contributed by atoms with Crippen LogP contribution in [0.15, 0.2) is 29.2 Å². The van der Waals surface area contributed by atoms with Gasteiger partial charge in [0.05, 0.1) is 21.3 Å². The minimum absolute atomic E-state index is 0.0702. The molecule has 8 heteroatoms. The second-order valence-corrected chi connectivity index (χ2v) is 7.64. The van der Waals surface area contributed by atoms with Crippen molar-refractivity contribution in [3.63, 3.8) is 0 Å². The fourth-order valence-electron chi connectivity index (χ4n) is 2.85. The second kappa shape index (κ2) is 9.47. The summed E-state index contributed by atoms with van der Waals surface area (Å²) in [5.41, 5.74) is 0.139. The maximum atomic E-state index is 12.3. The quantitative estimate of drug-likeness (QED) is 0.762. The Labute approximate surface area is 155 Å². The number of benzene rings is 1. The van der Waals surface area contributed by atoms with Crippen LogP contribution in [0.2, 0.25) is 0 Å². The zero-order valence-electron chi connectivity index (χ0n) is 14.9. The second-order valence-electron chi connectivity index (χ2n) is 6.30. The van der Waals surface area contributed by atoms with Crippen molar-refractivity contribution in [3.05, 3.63) is 29.8 Å². The van der Waals surface area contributed by atoms with Crippen LogP contribution in [0.4, 0.5) is 4.79 Å².